The summed E-state index contributed by atoms with van der Waals surface area (Å²) in [7, 11) is -3.08. The van der Waals surface area contributed by atoms with Crippen LogP contribution in [-0.4, -0.2) is 14.0 Å². The average molecular weight is 147 g/mol. The molecule has 0 radical (unpaired) electrons. The van der Waals surface area contributed by atoms with Crippen LogP contribution >= 0.6 is 0 Å². The maximum absolute atomic E-state index is 10.6. The van der Waals surface area contributed by atoms with E-state index < -0.39 is 15.6 Å². The first-order valence-corrected chi connectivity index (χ1v) is 4.19. The Balaban J connectivity index is 2.97. The highest BCUT2D eigenvalue weighted by Crippen LogP contribution is 2.13. The number of hydrogen-bond acceptors (Lipinski definition) is 2. The third-order valence-electron chi connectivity index (χ3n) is 1.07. The van der Waals surface area contributed by atoms with Gasteiger partial charge in [-0.2, -0.15) is 0 Å². The van der Waals surface area contributed by atoms with E-state index in [0.29, 0.717) is 0 Å². The number of rotatable bonds is 0. The van der Waals surface area contributed by atoms with Gasteiger partial charge in [-0.15, -0.1) is 0 Å². The minimum Gasteiger partial charge on any atom is -0.208 e. The minimum atomic E-state index is -3.08. The topological polar surface area (TPSA) is 46.2 Å². The maximum Gasteiger partial charge on any atom is 0.234 e. The molecule has 0 aliphatic carbocycles. The van der Waals surface area contributed by atoms with Crippen molar-refractivity contribution in [2.24, 2.45) is 0 Å². The van der Waals surface area contributed by atoms with Gasteiger partial charge < -0.3 is 0 Å². The highest BCUT2D eigenvalue weighted by molar-refractivity contribution is 7.92. The summed E-state index contributed by atoms with van der Waals surface area (Å²) in [6.45, 7) is 3.60. The number of hydrogen-bond donors (Lipinski definition) is 1. The first kappa shape index (κ1) is 6.77. The lowest BCUT2D eigenvalue weighted by Crippen LogP contribution is -2.35. The molecule has 0 saturated carbocycles. The predicted molar refractivity (Wildman–Crippen MR) is 35.3 cm³/mol. The van der Waals surface area contributed by atoms with Crippen molar-refractivity contribution < 1.29 is 8.42 Å². The van der Waals surface area contributed by atoms with E-state index in [1.165, 1.54) is 5.41 Å². The molecule has 0 aromatic carbocycles. The van der Waals surface area contributed by atoms with Crippen molar-refractivity contribution in [1.82, 2.24) is 4.72 Å². The first-order chi connectivity index (χ1) is 3.91. The van der Waals surface area contributed by atoms with E-state index in [9.17, 15) is 8.42 Å². The Bertz CT molecular complexity index is 238. The van der Waals surface area contributed by atoms with E-state index in [1.54, 1.807) is 19.9 Å². The monoisotopic (exact) mass is 147 g/mol. The zero-order chi connectivity index (χ0) is 7.12. The van der Waals surface area contributed by atoms with Gasteiger partial charge in [0.05, 0.1) is 0 Å². The summed E-state index contributed by atoms with van der Waals surface area (Å²) in [5.74, 6) is 0. The van der Waals surface area contributed by atoms with Gasteiger partial charge in [-0.25, -0.2) is 13.1 Å². The van der Waals surface area contributed by atoms with Crippen LogP contribution in [-0.2, 0) is 10.0 Å². The van der Waals surface area contributed by atoms with Gasteiger partial charge in [0.1, 0.15) is 0 Å². The van der Waals surface area contributed by atoms with Crippen LogP contribution in [0.3, 0.4) is 0 Å². The summed E-state index contributed by atoms with van der Waals surface area (Å²) in [4.78, 5) is 0. The maximum atomic E-state index is 10.6. The molecule has 0 fully saturated rings. The molecule has 0 aromatic heterocycles. The minimum absolute atomic E-state index is 0.390. The molecule has 0 amide bonds. The summed E-state index contributed by atoms with van der Waals surface area (Å²) in [6.07, 6.45) is 1.63. The van der Waals surface area contributed by atoms with E-state index in [1.807, 2.05) is 0 Å². The van der Waals surface area contributed by atoms with Crippen LogP contribution in [0.25, 0.3) is 0 Å². The molecule has 1 aliphatic rings. The van der Waals surface area contributed by atoms with Gasteiger partial charge in [-0.3, -0.25) is 0 Å². The highest BCUT2D eigenvalue weighted by atomic mass is 32.2. The molecular formula is C5H9NO2S. The molecule has 0 aromatic rings. The summed E-state index contributed by atoms with van der Waals surface area (Å²) >= 11 is 0. The van der Waals surface area contributed by atoms with Crippen molar-refractivity contribution >= 4 is 10.0 Å². The van der Waals surface area contributed by atoms with Crippen LogP contribution < -0.4 is 4.72 Å². The van der Waals surface area contributed by atoms with E-state index in [4.69, 9.17) is 0 Å². The second kappa shape index (κ2) is 1.58. The third kappa shape index (κ3) is 1.53. The number of sulfonamides is 1. The fraction of sp³-hybridized carbons (Fsp3) is 0.600. The molecule has 9 heavy (non-hydrogen) atoms. The lowest BCUT2D eigenvalue weighted by molar-refractivity contribution is 0.550. The van der Waals surface area contributed by atoms with Gasteiger partial charge in [0, 0.05) is 10.9 Å². The van der Waals surface area contributed by atoms with Crippen molar-refractivity contribution in [2.45, 2.75) is 19.4 Å². The zero-order valence-electron chi connectivity index (χ0n) is 5.38. The fourth-order valence-electron chi connectivity index (χ4n) is 0.694. The smallest absolute Gasteiger partial charge is 0.208 e. The Morgan fingerprint density at radius 2 is 2.00 bits per heavy atom. The molecule has 1 heterocycles. The molecule has 0 saturated heterocycles. The van der Waals surface area contributed by atoms with Crippen molar-refractivity contribution in [3.05, 3.63) is 11.5 Å². The highest BCUT2D eigenvalue weighted by Gasteiger charge is 2.26. The van der Waals surface area contributed by atoms with Gasteiger partial charge in [-0.1, -0.05) is 6.08 Å². The molecule has 1 aliphatic heterocycles. The van der Waals surface area contributed by atoms with Crippen LogP contribution in [0.2, 0.25) is 0 Å². The fourth-order valence-corrected chi connectivity index (χ4v) is 2.08. The van der Waals surface area contributed by atoms with Crippen LogP contribution in [0.4, 0.5) is 0 Å². The van der Waals surface area contributed by atoms with Gasteiger partial charge in [0.2, 0.25) is 10.0 Å². The lowest BCUT2D eigenvalue weighted by Gasteiger charge is -2.12. The Morgan fingerprint density at radius 3 is 2.11 bits per heavy atom. The molecular weight excluding hydrogens is 138 g/mol. The standard InChI is InChI=1S/C5H9NO2S/c1-5(2)3-4-9(7,8)6-5/h3-4,6H,1-2H3. The molecule has 0 spiro atoms. The van der Waals surface area contributed by atoms with Gasteiger partial charge in [0.25, 0.3) is 0 Å². The van der Waals surface area contributed by atoms with Gasteiger partial charge >= 0.3 is 0 Å². The molecule has 4 heteroatoms. The summed E-state index contributed by atoms with van der Waals surface area (Å²) in [5, 5.41) is 1.19. The second-order valence-corrected chi connectivity index (χ2v) is 4.24. The van der Waals surface area contributed by atoms with Crippen LogP contribution in [0.15, 0.2) is 11.5 Å². The van der Waals surface area contributed by atoms with E-state index in [0.717, 1.165) is 0 Å². The van der Waals surface area contributed by atoms with Crippen LogP contribution in [0.5, 0.6) is 0 Å². The molecule has 0 atom stereocenters. The molecule has 0 bridgehead atoms. The predicted octanol–water partition coefficient (Wildman–Crippen LogP) is 0.212. The summed E-state index contributed by atoms with van der Waals surface area (Å²) < 4.78 is 23.7. The Hall–Kier alpha value is -0.350. The van der Waals surface area contributed by atoms with Crippen molar-refractivity contribution in [3.63, 3.8) is 0 Å². The second-order valence-electron chi connectivity index (χ2n) is 2.67. The molecule has 1 rings (SSSR count). The van der Waals surface area contributed by atoms with E-state index in [-0.39, 0.29) is 0 Å². The zero-order valence-corrected chi connectivity index (χ0v) is 6.20. The first-order valence-electron chi connectivity index (χ1n) is 2.65. The summed E-state index contributed by atoms with van der Waals surface area (Å²) in [6, 6.07) is 0. The van der Waals surface area contributed by atoms with E-state index >= 15 is 0 Å². The van der Waals surface area contributed by atoms with E-state index in [2.05, 4.69) is 4.72 Å². The Labute approximate surface area is 54.8 Å². The summed E-state index contributed by atoms with van der Waals surface area (Å²) in [5.41, 5.74) is -0.390. The SMILES string of the molecule is CC1(C)C=CS(=O)(=O)N1. The number of nitrogens with one attached hydrogen (secondary N) is 1. The van der Waals surface area contributed by atoms with Crippen molar-refractivity contribution in [2.75, 3.05) is 0 Å². The molecule has 1 N–H and O–H groups in total. The normalized spacial score (nSPS) is 28.7. The van der Waals surface area contributed by atoms with Crippen LogP contribution in [0, 0.1) is 0 Å². The largest absolute Gasteiger partial charge is 0.234 e. The van der Waals surface area contributed by atoms with Gasteiger partial charge in [-0.05, 0) is 13.8 Å². The lowest BCUT2D eigenvalue weighted by atomic mass is 10.1. The Kier molecular flexibility index (Phi) is 1.18. The van der Waals surface area contributed by atoms with Crippen molar-refractivity contribution in [3.8, 4) is 0 Å². The quantitative estimate of drug-likeness (QED) is 0.532. The third-order valence-corrected chi connectivity index (χ3v) is 2.37. The molecule has 0 unspecified atom stereocenters. The van der Waals surface area contributed by atoms with Gasteiger partial charge in [0.15, 0.2) is 0 Å². The average Bonchev–Trinajstić information content (AvgIpc) is 1.78. The van der Waals surface area contributed by atoms with Crippen LogP contribution in [0.1, 0.15) is 13.8 Å². The molecule has 3 nitrogen and oxygen atoms in total. The Morgan fingerprint density at radius 1 is 1.44 bits per heavy atom. The molecule has 52 valence electrons. The van der Waals surface area contributed by atoms with Crippen molar-refractivity contribution in [1.29, 1.82) is 0 Å².